The van der Waals surface area contributed by atoms with E-state index in [-0.39, 0.29) is 23.8 Å². The summed E-state index contributed by atoms with van der Waals surface area (Å²) in [4.78, 5) is 33.9. The standard InChI is InChI=1S/C16H21N3O5/c20-15(10-17-13-8-4-5-9-14(13)19(23)24)18-12-7-3-1-2-6-11(12)16(21)22/h4-5,8-9,11-12,17H,1-3,6-7,10H2,(H,18,20)(H,21,22)/t11-,12+/m1/s1. The van der Waals surface area contributed by atoms with Crippen molar-refractivity contribution in [2.45, 2.75) is 38.1 Å². The SMILES string of the molecule is O=C(CNc1ccccc1[N+](=O)[O-])N[C@H]1CCCCC[C@H]1C(=O)O. The molecule has 0 heterocycles. The molecule has 8 heteroatoms. The number of carboxylic acid groups (broad SMARTS) is 1. The number of nitro groups is 1. The van der Waals surface area contributed by atoms with Gasteiger partial charge in [-0.3, -0.25) is 19.7 Å². The molecule has 0 bridgehead atoms. The fourth-order valence-electron chi connectivity index (χ4n) is 2.99. The normalized spacial score (nSPS) is 20.7. The van der Waals surface area contributed by atoms with E-state index in [1.54, 1.807) is 12.1 Å². The third kappa shape index (κ3) is 4.68. The van der Waals surface area contributed by atoms with Crippen molar-refractivity contribution in [2.24, 2.45) is 5.92 Å². The Kier molecular flexibility index (Phi) is 6.11. The molecule has 0 saturated heterocycles. The van der Waals surface area contributed by atoms with Crippen molar-refractivity contribution in [3.05, 3.63) is 34.4 Å². The molecular formula is C16H21N3O5. The van der Waals surface area contributed by atoms with Crippen molar-refractivity contribution in [3.63, 3.8) is 0 Å². The van der Waals surface area contributed by atoms with Gasteiger partial charge in [0.05, 0.1) is 17.4 Å². The molecule has 130 valence electrons. The van der Waals surface area contributed by atoms with Gasteiger partial charge in [-0.05, 0) is 18.9 Å². The van der Waals surface area contributed by atoms with E-state index in [1.807, 2.05) is 0 Å². The van der Waals surface area contributed by atoms with E-state index in [9.17, 15) is 24.8 Å². The molecule has 0 unspecified atom stereocenters. The van der Waals surface area contributed by atoms with Gasteiger partial charge in [0, 0.05) is 12.1 Å². The first-order valence-corrected chi connectivity index (χ1v) is 7.98. The van der Waals surface area contributed by atoms with Crippen LogP contribution in [0.2, 0.25) is 0 Å². The molecule has 0 aromatic heterocycles. The Labute approximate surface area is 139 Å². The Morgan fingerprint density at radius 3 is 2.62 bits per heavy atom. The predicted octanol–water partition coefficient (Wildman–Crippen LogP) is 2.16. The predicted molar refractivity (Wildman–Crippen MR) is 87.7 cm³/mol. The Bertz CT molecular complexity index is 619. The number of nitrogens with one attached hydrogen (secondary N) is 2. The number of aliphatic carboxylic acids is 1. The largest absolute Gasteiger partial charge is 0.481 e. The van der Waals surface area contributed by atoms with Crippen LogP contribution in [0.5, 0.6) is 0 Å². The fraction of sp³-hybridized carbons (Fsp3) is 0.500. The number of carbonyl (C=O) groups excluding carboxylic acids is 1. The summed E-state index contributed by atoms with van der Waals surface area (Å²) in [6, 6.07) is 5.67. The number of nitrogens with zero attached hydrogens (tertiary/aromatic N) is 1. The van der Waals surface area contributed by atoms with Crippen LogP contribution in [0.1, 0.15) is 32.1 Å². The van der Waals surface area contributed by atoms with Gasteiger partial charge < -0.3 is 15.7 Å². The molecule has 1 saturated carbocycles. The van der Waals surface area contributed by atoms with Crippen molar-refractivity contribution in [3.8, 4) is 0 Å². The van der Waals surface area contributed by atoms with Gasteiger partial charge in [-0.15, -0.1) is 0 Å². The molecule has 8 nitrogen and oxygen atoms in total. The highest BCUT2D eigenvalue weighted by molar-refractivity contribution is 5.82. The van der Waals surface area contributed by atoms with E-state index in [0.717, 1.165) is 19.3 Å². The van der Waals surface area contributed by atoms with Crippen LogP contribution in [-0.4, -0.2) is 34.5 Å². The van der Waals surface area contributed by atoms with Crippen molar-refractivity contribution in [1.82, 2.24) is 5.32 Å². The van der Waals surface area contributed by atoms with E-state index in [2.05, 4.69) is 10.6 Å². The monoisotopic (exact) mass is 335 g/mol. The lowest BCUT2D eigenvalue weighted by atomic mass is 9.95. The number of nitro benzene ring substituents is 1. The number of hydrogen-bond acceptors (Lipinski definition) is 5. The molecule has 0 aliphatic heterocycles. The van der Waals surface area contributed by atoms with E-state index >= 15 is 0 Å². The molecule has 0 spiro atoms. The first-order valence-electron chi connectivity index (χ1n) is 7.98. The minimum Gasteiger partial charge on any atom is -0.481 e. The number of para-hydroxylation sites is 2. The van der Waals surface area contributed by atoms with Gasteiger partial charge in [-0.1, -0.05) is 31.4 Å². The Hall–Kier alpha value is -2.64. The molecule has 1 aliphatic rings. The maximum atomic E-state index is 12.1. The number of benzene rings is 1. The van der Waals surface area contributed by atoms with Crippen LogP contribution < -0.4 is 10.6 Å². The lowest BCUT2D eigenvalue weighted by Gasteiger charge is -2.23. The zero-order chi connectivity index (χ0) is 17.5. The average molecular weight is 335 g/mol. The van der Waals surface area contributed by atoms with E-state index in [0.29, 0.717) is 12.8 Å². The Balaban J connectivity index is 1.95. The van der Waals surface area contributed by atoms with E-state index < -0.39 is 22.9 Å². The Morgan fingerprint density at radius 1 is 1.21 bits per heavy atom. The molecule has 2 rings (SSSR count). The van der Waals surface area contributed by atoms with Crippen LogP contribution >= 0.6 is 0 Å². The minimum absolute atomic E-state index is 0.108. The van der Waals surface area contributed by atoms with Crippen LogP contribution in [-0.2, 0) is 9.59 Å². The molecule has 1 fully saturated rings. The van der Waals surface area contributed by atoms with Crippen LogP contribution in [0.15, 0.2) is 24.3 Å². The number of amides is 1. The summed E-state index contributed by atoms with van der Waals surface area (Å²) in [5.41, 5.74) is 0.150. The van der Waals surface area contributed by atoms with Crippen LogP contribution in [0.3, 0.4) is 0 Å². The zero-order valence-corrected chi connectivity index (χ0v) is 13.2. The number of anilines is 1. The van der Waals surface area contributed by atoms with Gasteiger partial charge >= 0.3 is 5.97 Å². The molecule has 2 atom stereocenters. The number of rotatable bonds is 6. The lowest BCUT2D eigenvalue weighted by Crippen LogP contribution is -2.44. The summed E-state index contributed by atoms with van der Waals surface area (Å²) in [6.45, 7) is -0.145. The molecule has 1 aromatic rings. The van der Waals surface area contributed by atoms with Gasteiger partial charge in [0.25, 0.3) is 5.69 Å². The average Bonchev–Trinajstić information content (AvgIpc) is 2.78. The van der Waals surface area contributed by atoms with Crippen molar-refractivity contribution in [1.29, 1.82) is 0 Å². The van der Waals surface area contributed by atoms with Crippen molar-refractivity contribution < 1.29 is 19.6 Å². The number of hydrogen-bond donors (Lipinski definition) is 3. The van der Waals surface area contributed by atoms with E-state index in [4.69, 9.17) is 0 Å². The quantitative estimate of drug-likeness (QED) is 0.416. The highest BCUT2D eigenvalue weighted by Gasteiger charge is 2.30. The lowest BCUT2D eigenvalue weighted by molar-refractivity contribution is -0.383. The third-order valence-electron chi connectivity index (χ3n) is 4.22. The summed E-state index contributed by atoms with van der Waals surface area (Å²) in [6.07, 6.45) is 3.88. The maximum absolute atomic E-state index is 12.1. The van der Waals surface area contributed by atoms with Crippen molar-refractivity contribution >= 4 is 23.3 Å². The van der Waals surface area contributed by atoms with Gasteiger partial charge in [0.15, 0.2) is 0 Å². The number of carboxylic acids is 1. The van der Waals surface area contributed by atoms with E-state index in [1.165, 1.54) is 12.1 Å². The highest BCUT2D eigenvalue weighted by Crippen LogP contribution is 2.24. The van der Waals surface area contributed by atoms with Gasteiger partial charge in [0.2, 0.25) is 5.91 Å². The Morgan fingerprint density at radius 2 is 1.92 bits per heavy atom. The fourth-order valence-corrected chi connectivity index (χ4v) is 2.99. The summed E-state index contributed by atoms with van der Waals surface area (Å²) in [7, 11) is 0. The van der Waals surface area contributed by atoms with Gasteiger partial charge in [-0.25, -0.2) is 0 Å². The third-order valence-corrected chi connectivity index (χ3v) is 4.22. The molecule has 1 aromatic carbocycles. The molecule has 0 radical (unpaired) electrons. The molecule has 24 heavy (non-hydrogen) atoms. The summed E-state index contributed by atoms with van der Waals surface area (Å²) in [5.74, 6) is -1.84. The van der Waals surface area contributed by atoms with Gasteiger partial charge in [0.1, 0.15) is 5.69 Å². The summed E-state index contributed by atoms with van der Waals surface area (Å²) in [5, 5.41) is 25.7. The summed E-state index contributed by atoms with van der Waals surface area (Å²) < 4.78 is 0. The second-order valence-electron chi connectivity index (χ2n) is 5.88. The number of carbonyl (C=O) groups is 2. The zero-order valence-electron chi connectivity index (χ0n) is 13.2. The van der Waals surface area contributed by atoms with Crippen molar-refractivity contribution in [2.75, 3.05) is 11.9 Å². The van der Waals surface area contributed by atoms with Crippen LogP contribution in [0.4, 0.5) is 11.4 Å². The topological polar surface area (TPSA) is 122 Å². The second kappa shape index (κ2) is 8.28. The van der Waals surface area contributed by atoms with Gasteiger partial charge in [-0.2, -0.15) is 0 Å². The molecule has 3 N–H and O–H groups in total. The van der Waals surface area contributed by atoms with Crippen LogP contribution in [0.25, 0.3) is 0 Å². The molecule has 1 aliphatic carbocycles. The smallest absolute Gasteiger partial charge is 0.308 e. The first-order chi connectivity index (χ1) is 11.5. The molecule has 1 amide bonds. The minimum atomic E-state index is -0.895. The second-order valence-corrected chi connectivity index (χ2v) is 5.88. The summed E-state index contributed by atoms with van der Waals surface area (Å²) >= 11 is 0. The molecular weight excluding hydrogens is 314 g/mol. The first kappa shape index (κ1) is 17.7. The maximum Gasteiger partial charge on any atom is 0.308 e. The van der Waals surface area contributed by atoms with Crippen LogP contribution in [0, 0.1) is 16.0 Å². The highest BCUT2D eigenvalue weighted by atomic mass is 16.6.